The zero-order valence-corrected chi connectivity index (χ0v) is 12.3. The minimum absolute atomic E-state index is 0.240. The maximum Gasteiger partial charge on any atom is 0.573 e. The van der Waals surface area contributed by atoms with E-state index in [9.17, 15) is 22.4 Å². The molecular formula is C14H8BrF4NO2. The van der Waals surface area contributed by atoms with Gasteiger partial charge in [0.25, 0.3) is 5.91 Å². The summed E-state index contributed by atoms with van der Waals surface area (Å²) in [5.74, 6) is -1.94. The molecule has 0 bridgehead atoms. The van der Waals surface area contributed by atoms with Gasteiger partial charge in [0.1, 0.15) is 11.6 Å². The van der Waals surface area contributed by atoms with Gasteiger partial charge >= 0.3 is 6.36 Å². The van der Waals surface area contributed by atoms with E-state index in [1.54, 1.807) is 0 Å². The van der Waals surface area contributed by atoms with Crippen molar-refractivity contribution in [3.63, 3.8) is 0 Å². The van der Waals surface area contributed by atoms with Gasteiger partial charge in [0.2, 0.25) is 0 Å². The lowest BCUT2D eigenvalue weighted by Crippen LogP contribution is -2.21. The predicted octanol–water partition coefficient (Wildman–Crippen LogP) is 4.74. The van der Waals surface area contributed by atoms with Crippen LogP contribution in [0, 0.1) is 5.82 Å². The molecule has 0 radical (unpaired) electrons. The summed E-state index contributed by atoms with van der Waals surface area (Å²) < 4.78 is 54.1. The fraction of sp³-hybridized carbons (Fsp3) is 0.0714. The summed E-state index contributed by atoms with van der Waals surface area (Å²) in [5, 5.41) is 2.37. The Morgan fingerprint density at radius 2 is 1.73 bits per heavy atom. The molecule has 2 aromatic carbocycles. The first-order valence-corrected chi connectivity index (χ1v) is 6.66. The van der Waals surface area contributed by atoms with Gasteiger partial charge in [0.05, 0.1) is 5.56 Å². The molecule has 22 heavy (non-hydrogen) atoms. The van der Waals surface area contributed by atoms with Crippen LogP contribution in [-0.4, -0.2) is 12.3 Å². The molecule has 3 nitrogen and oxygen atoms in total. The van der Waals surface area contributed by atoms with Crippen LogP contribution in [-0.2, 0) is 0 Å². The van der Waals surface area contributed by atoms with Crippen molar-refractivity contribution in [2.45, 2.75) is 6.36 Å². The fourth-order valence-electron chi connectivity index (χ4n) is 1.62. The number of hydrogen-bond donors (Lipinski definition) is 1. The second kappa shape index (κ2) is 6.35. The van der Waals surface area contributed by atoms with Crippen LogP contribution in [0.15, 0.2) is 46.9 Å². The Labute approximate surface area is 131 Å². The van der Waals surface area contributed by atoms with Crippen molar-refractivity contribution >= 4 is 27.5 Å². The standard InChI is InChI=1S/C14H8BrF4NO2/c15-8-1-6-12(22-14(17,18)19)11(7-8)13(21)20-10-4-2-9(16)3-5-10/h1-7H,(H,20,21). The van der Waals surface area contributed by atoms with Crippen LogP contribution in [0.4, 0.5) is 23.2 Å². The van der Waals surface area contributed by atoms with Crippen molar-refractivity contribution < 1.29 is 27.1 Å². The van der Waals surface area contributed by atoms with Gasteiger partial charge in [-0.3, -0.25) is 4.79 Å². The number of amides is 1. The summed E-state index contributed by atoms with van der Waals surface area (Å²) in [5.41, 5.74) is -0.0691. The van der Waals surface area contributed by atoms with Crippen molar-refractivity contribution in [1.82, 2.24) is 0 Å². The number of nitrogens with one attached hydrogen (secondary N) is 1. The maximum atomic E-state index is 12.8. The van der Waals surface area contributed by atoms with Crippen molar-refractivity contribution in [2.24, 2.45) is 0 Å². The lowest BCUT2D eigenvalue weighted by molar-refractivity contribution is -0.274. The van der Waals surface area contributed by atoms with Gasteiger partial charge in [0, 0.05) is 10.2 Å². The normalized spacial score (nSPS) is 11.1. The zero-order chi connectivity index (χ0) is 16.3. The molecule has 0 aromatic heterocycles. The Hall–Kier alpha value is -2.09. The molecule has 0 aliphatic rings. The highest BCUT2D eigenvalue weighted by Crippen LogP contribution is 2.29. The molecule has 2 aromatic rings. The van der Waals surface area contributed by atoms with Gasteiger partial charge in [-0.1, -0.05) is 15.9 Å². The highest BCUT2D eigenvalue weighted by molar-refractivity contribution is 9.10. The molecule has 0 saturated heterocycles. The molecular weight excluding hydrogens is 370 g/mol. The first kappa shape index (κ1) is 16.3. The molecule has 0 aliphatic carbocycles. The van der Waals surface area contributed by atoms with Crippen LogP contribution in [0.1, 0.15) is 10.4 Å². The highest BCUT2D eigenvalue weighted by atomic mass is 79.9. The molecule has 116 valence electrons. The van der Waals surface area contributed by atoms with Crippen LogP contribution in [0.3, 0.4) is 0 Å². The van der Waals surface area contributed by atoms with E-state index < -0.39 is 23.8 Å². The summed E-state index contributed by atoms with van der Waals surface area (Å²) in [6, 6.07) is 8.34. The van der Waals surface area contributed by atoms with Gasteiger partial charge in [-0.2, -0.15) is 0 Å². The van der Waals surface area contributed by atoms with E-state index in [1.807, 2.05) is 0 Å². The largest absolute Gasteiger partial charge is 0.573 e. The third-order valence-corrected chi connectivity index (χ3v) is 3.01. The Morgan fingerprint density at radius 1 is 1.09 bits per heavy atom. The van der Waals surface area contributed by atoms with Gasteiger partial charge in [-0.15, -0.1) is 13.2 Å². The van der Waals surface area contributed by atoms with E-state index >= 15 is 0 Å². The minimum Gasteiger partial charge on any atom is -0.405 e. The Bertz CT molecular complexity index is 686. The smallest absolute Gasteiger partial charge is 0.405 e. The number of ether oxygens (including phenoxy) is 1. The average Bonchev–Trinajstić information content (AvgIpc) is 2.42. The van der Waals surface area contributed by atoms with E-state index in [0.717, 1.165) is 18.2 Å². The number of halogens is 5. The van der Waals surface area contributed by atoms with Crippen molar-refractivity contribution in [1.29, 1.82) is 0 Å². The number of hydrogen-bond acceptors (Lipinski definition) is 2. The van der Waals surface area contributed by atoms with Crippen LogP contribution in [0.5, 0.6) is 5.75 Å². The van der Waals surface area contributed by atoms with E-state index in [4.69, 9.17) is 0 Å². The molecule has 2 rings (SSSR count). The van der Waals surface area contributed by atoms with Crippen LogP contribution < -0.4 is 10.1 Å². The number of carbonyl (C=O) groups excluding carboxylic acids is 1. The topological polar surface area (TPSA) is 38.3 Å². The second-order valence-electron chi connectivity index (χ2n) is 4.15. The van der Waals surface area contributed by atoms with E-state index in [2.05, 4.69) is 26.0 Å². The monoisotopic (exact) mass is 377 g/mol. The summed E-state index contributed by atoms with van der Waals surface area (Å²) in [6.45, 7) is 0. The van der Waals surface area contributed by atoms with E-state index in [0.29, 0.717) is 4.47 Å². The van der Waals surface area contributed by atoms with E-state index in [1.165, 1.54) is 24.3 Å². The van der Waals surface area contributed by atoms with Crippen LogP contribution in [0.25, 0.3) is 0 Å². The lowest BCUT2D eigenvalue weighted by atomic mass is 10.2. The van der Waals surface area contributed by atoms with Crippen molar-refractivity contribution in [2.75, 3.05) is 5.32 Å². The first-order chi connectivity index (χ1) is 10.2. The molecule has 0 aliphatic heterocycles. The Morgan fingerprint density at radius 3 is 2.32 bits per heavy atom. The second-order valence-corrected chi connectivity index (χ2v) is 5.06. The molecule has 0 unspecified atom stereocenters. The molecule has 8 heteroatoms. The van der Waals surface area contributed by atoms with Crippen molar-refractivity contribution in [3.05, 3.63) is 58.3 Å². The summed E-state index contributed by atoms with van der Waals surface area (Å²) in [6.07, 6.45) is -4.92. The van der Waals surface area contributed by atoms with Crippen LogP contribution >= 0.6 is 15.9 Å². The molecule has 0 heterocycles. The SMILES string of the molecule is O=C(Nc1ccc(F)cc1)c1cc(Br)ccc1OC(F)(F)F. The fourth-order valence-corrected chi connectivity index (χ4v) is 1.99. The average molecular weight is 378 g/mol. The van der Waals surface area contributed by atoms with E-state index in [-0.39, 0.29) is 11.3 Å². The van der Waals surface area contributed by atoms with Crippen LogP contribution in [0.2, 0.25) is 0 Å². The molecule has 0 saturated carbocycles. The third-order valence-electron chi connectivity index (χ3n) is 2.51. The minimum atomic E-state index is -4.92. The number of carbonyl (C=O) groups is 1. The number of alkyl halides is 3. The number of anilines is 1. The van der Waals surface area contributed by atoms with Gasteiger partial charge in [-0.25, -0.2) is 4.39 Å². The first-order valence-electron chi connectivity index (χ1n) is 5.87. The Balaban J connectivity index is 2.28. The lowest BCUT2D eigenvalue weighted by Gasteiger charge is -2.13. The highest BCUT2D eigenvalue weighted by Gasteiger charge is 2.33. The summed E-state index contributed by atoms with van der Waals surface area (Å²) in [7, 11) is 0. The maximum absolute atomic E-state index is 12.8. The summed E-state index contributed by atoms with van der Waals surface area (Å²) in [4.78, 5) is 12.1. The molecule has 1 N–H and O–H groups in total. The molecule has 1 amide bonds. The van der Waals surface area contributed by atoms with Gasteiger partial charge < -0.3 is 10.1 Å². The Kier molecular flexibility index (Phi) is 4.70. The van der Waals surface area contributed by atoms with Crippen molar-refractivity contribution in [3.8, 4) is 5.75 Å². The quantitative estimate of drug-likeness (QED) is 0.784. The van der Waals surface area contributed by atoms with Gasteiger partial charge in [0.15, 0.2) is 0 Å². The number of rotatable bonds is 3. The third kappa shape index (κ3) is 4.45. The zero-order valence-electron chi connectivity index (χ0n) is 10.7. The summed E-state index contributed by atoms with van der Waals surface area (Å²) >= 11 is 3.07. The van der Waals surface area contributed by atoms with Gasteiger partial charge in [-0.05, 0) is 42.5 Å². The predicted molar refractivity (Wildman–Crippen MR) is 75.2 cm³/mol. The molecule has 0 atom stereocenters. The molecule has 0 fully saturated rings. The molecule has 0 spiro atoms. The number of benzene rings is 2.